The SMILES string of the molecule is Cc1c(Cl)nc(CO)nc1N1CCC(Oc2ccc3ncnn3c2)CC1. The highest BCUT2D eigenvalue weighted by atomic mass is 35.5. The topological polar surface area (TPSA) is 88.7 Å². The fourth-order valence-corrected chi connectivity index (χ4v) is 3.33. The van der Waals surface area contributed by atoms with E-state index in [0.29, 0.717) is 11.0 Å². The van der Waals surface area contributed by atoms with E-state index >= 15 is 0 Å². The highest BCUT2D eigenvalue weighted by molar-refractivity contribution is 6.30. The summed E-state index contributed by atoms with van der Waals surface area (Å²) in [5.74, 6) is 1.91. The Labute approximate surface area is 155 Å². The third kappa shape index (κ3) is 3.30. The van der Waals surface area contributed by atoms with Gasteiger partial charge in [0, 0.05) is 31.5 Å². The second-order valence-corrected chi connectivity index (χ2v) is 6.63. The minimum Gasteiger partial charge on any atom is -0.489 e. The highest BCUT2D eigenvalue weighted by Gasteiger charge is 2.24. The van der Waals surface area contributed by atoms with Gasteiger partial charge in [-0.05, 0) is 19.1 Å². The van der Waals surface area contributed by atoms with Crippen LogP contribution in [0.4, 0.5) is 5.82 Å². The maximum absolute atomic E-state index is 9.31. The minimum absolute atomic E-state index is 0.127. The number of piperidine rings is 1. The maximum atomic E-state index is 9.31. The number of halogens is 1. The predicted octanol–water partition coefficient (Wildman–Crippen LogP) is 2.02. The zero-order chi connectivity index (χ0) is 18.1. The summed E-state index contributed by atoms with van der Waals surface area (Å²) in [6, 6.07) is 3.80. The molecule has 0 bridgehead atoms. The van der Waals surface area contributed by atoms with Crippen LogP contribution < -0.4 is 9.64 Å². The molecular formula is C17H19ClN6O2. The molecule has 4 rings (SSSR count). The largest absolute Gasteiger partial charge is 0.489 e. The van der Waals surface area contributed by atoms with Crippen molar-refractivity contribution < 1.29 is 9.84 Å². The second kappa shape index (κ2) is 7.05. The van der Waals surface area contributed by atoms with Crippen LogP contribution in [0.25, 0.3) is 5.65 Å². The third-order valence-corrected chi connectivity index (χ3v) is 4.91. The van der Waals surface area contributed by atoms with Crippen molar-refractivity contribution in [1.82, 2.24) is 24.6 Å². The van der Waals surface area contributed by atoms with Crippen molar-refractivity contribution >= 4 is 23.1 Å². The van der Waals surface area contributed by atoms with Crippen LogP contribution in [0, 0.1) is 6.92 Å². The van der Waals surface area contributed by atoms with E-state index in [0.717, 1.165) is 48.7 Å². The molecule has 1 aliphatic heterocycles. The van der Waals surface area contributed by atoms with Crippen molar-refractivity contribution in [3.8, 4) is 5.75 Å². The molecule has 26 heavy (non-hydrogen) atoms. The number of hydrogen-bond acceptors (Lipinski definition) is 7. The smallest absolute Gasteiger partial charge is 0.157 e. The van der Waals surface area contributed by atoms with E-state index in [2.05, 4.69) is 25.0 Å². The molecule has 1 N–H and O–H groups in total. The van der Waals surface area contributed by atoms with Gasteiger partial charge in [0.05, 0.1) is 6.20 Å². The van der Waals surface area contributed by atoms with Gasteiger partial charge in [0.2, 0.25) is 0 Å². The number of pyridine rings is 1. The molecule has 0 spiro atoms. The van der Waals surface area contributed by atoms with Gasteiger partial charge < -0.3 is 14.7 Å². The number of hydrogen-bond donors (Lipinski definition) is 1. The lowest BCUT2D eigenvalue weighted by Gasteiger charge is -2.33. The summed E-state index contributed by atoms with van der Waals surface area (Å²) in [4.78, 5) is 14.8. The van der Waals surface area contributed by atoms with E-state index in [4.69, 9.17) is 16.3 Å². The molecule has 4 heterocycles. The standard InChI is InChI=1S/C17H19ClN6O2/c1-11-16(18)21-14(9-25)22-17(11)23-6-4-12(5-7-23)26-13-2-3-15-19-10-20-24(15)8-13/h2-3,8,10,12,25H,4-7,9H2,1H3. The van der Waals surface area contributed by atoms with Crippen LogP contribution in [0.1, 0.15) is 24.2 Å². The average Bonchev–Trinajstić information content (AvgIpc) is 3.12. The van der Waals surface area contributed by atoms with Crippen molar-refractivity contribution in [3.05, 3.63) is 41.2 Å². The van der Waals surface area contributed by atoms with Crippen LogP contribution in [0.5, 0.6) is 5.75 Å². The minimum atomic E-state index is -0.225. The Morgan fingerprint density at radius 3 is 2.85 bits per heavy atom. The van der Waals surface area contributed by atoms with Gasteiger partial charge in [-0.15, -0.1) is 0 Å². The number of aromatic nitrogens is 5. The van der Waals surface area contributed by atoms with Crippen molar-refractivity contribution in [2.24, 2.45) is 0 Å². The highest BCUT2D eigenvalue weighted by Crippen LogP contribution is 2.27. The maximum Gasteiger partial charge on any atom is 0.157 e. The van der Waals surface area contributed by atoms with Crippen molar-refractivity contribution in [2.75, 3.05) is 18.0 Å². The van der Waals surface area contributed by atoms with E-state index in [-0.39, 0.29) is 12.7 Å². The van der Waals surface area contributed by atoms with Gasteiger partial charge in [-0.3, -0.25) is 0 Å². The molecule has 1 saturated heterocycles. The Hall–Kier alpha value is -2.45. The number of nitrogens with zero attached hydrogens (tertiary/aromatic N) is 6. The van der Waals surface area contributed by atoms with Gasteiger partial charge in [0.15, 0.2) is 11.5 Å². The number of aliphatic hydroxyl groups is 1. The molecule has 0 saturated carbocycles. The zero-order valence-electron chi connectivity index (χ0n) is 14.3. The summed E-state index contributed by atoms with van der Waals surface area (Å²) >= 11 is 6.16. The normalized spacial score (nSPS) is 15.6. The third-order valence-electron chi connectivity index (χ3n) is 4.54. The number of ether oxygens (including phenoxy) is 1. The molecule has 1 fully saturated rings. The first-order valence-corrected chi connectivity index (χ1v) is 8.86. The molecule has 0 aliphatic carbocycles. The fourth-order valence-electron chi connectivity index (χ4n) is 3.14. The van der Waals surface area contributed by atoms with Crippen LogP contribution in [-0.2, 0) is 6.61 Å². The molecule has 1 aliphatic rings. The van der Waals surface area contributed by atoms with Gasteiger partial charge >= 0.3 is 0 Å². The first-order valence-electron chi connectivity index (χ1n) is 8.49. The lowest BCUT2D eigenvalue weighted by Crippen LogP contribution is -2.39. The number of anilines is 1. The summed E-state index contributed by atoms with van der Waals surface area (Å²) < 4.78 is 7.80. The number of fused-ring (bicyclic) bond motifs is 1. The zero-order valence-corrected chi connectivity index (χ0v) is 15.1. The van der Waals surface area contributed by atoms with E-state index in [1.165, 1.54) is 6.33 Å². The van der Waals surface area contributed by atoms with Crippen molar-refractivity contribution in [2.45, 2.75) is 32.5 Å². The summed E-state index contributed by atoms with van der Waals surface area (Å²) in [7, 11) is 0. The van der Waals surface area contributed by atoms with Gasteiger partial charge in [-0.25, -0.2) is 19.5 Å². The number of rotatable bonds is 4. The molecule has 3 aromatic heterocycles. The number of aliphatic hydroxyl groups excluding tert-OH is 1. The van der Waals surface area contributed by atoms with Gasteiger partial charge in [-0.1, -0.05) is 11.6 Å². The molecular weight excluding hydrogens is 356 g/mol. The lowest BCUT2D eigenvalue weighted by molar-refractivity contribution is 0.169. The lowest BCUT2D eigenvalue weighted by atomic mass is 10.1. The van der Waals surface area contributed by atoms with Crippen LogP contribution in [0.2, 0.25) is 5.15 Å². The van der Waals surface area contributed by atoms with Gasteiger partial charge in [0.25, 0.3) is 0 Å². The van der Waals surface area contributed by atoms with E-state index < -0.39 is 0 Å². The molecule has 136 valence electrons. The van der Waals surface area contributed by atoms with Crippen LogP contribution in [0.15, 0.2) is 24.7 Å². The summed E-state index contributed by atoms with van der Waals surface area (Å²) in [5, 5.41) is 13.8. The molecule has 0 amide bonds. The average molecular weight is 375 g/mol. The van der Waals surface area contributed by atoms with Crippen LogP contribution >= 0.6 is 11.6 Å². The van der Waals surface area contributed by atoms with Crippen molar-refractivity contribution in [3.63, 3.8) is 0 Å². The molecule has 0 atom stereocenters. The quantitative estimate of drug-likeness (QED) is 0.699. The monoisotopic (exact) mass is 374 g/mol. The summed E-state index contributed by atoms with van der Waals surface area (Å²) in [6.07, 6.45) is 5.22. The Bertz CT molecular complexity index is 923. The van der Waals surface area contributed by atoms with Crippen LogP contribution in [0.3, 0.4) is 0 Å². The van der Waals surface area contributed by atoms with Gasteiger partial charge in [-0.2, -0.15) is 5.10 Å². The Kier molecular flexibility index (Phi) is 4.60. The predicted molar refractivity (Wildman–Crippen MR) is 96.6 cm³/mol. The molecule has 0 aromatic carbocycles. The molecule has 0 radical (unpaired) electrons. The molecule has 3 aromatic rings. The van der Waals surface area contributed by atoms with Crippen molar-refractivity contribution in [1.29, 1.82) is 0 Å². The van der Waals surface area contributed by atoms with E-state index in [1.807, 2.05) is 25.3 Å². The van der Waals surface area contributed by atoms with E-state index in [9.17, 15) is 5.11 Å². The Morgan fingerprint density at radius 1 is 1.27 bits per heavy atom. The van der Waals surface area contributed by atoms with E-state index in [1.54, 1.807) is 4.52 Å². The molecule has 0 unspecified atom stereocenters. The summed E-state index contributed by atoms with van der Waals surface area (Å²) in [5.41, 5.74) is 1.63. The van der Waals surface area contributed by atoms with Crippen LogP contribution in [-0.4, -0.2) is 48.9 Å². The fraction of sp³-hybridized carbons (Fsp3) is 0.412. The van der Waals surface area contributed by atoms with Gasteiger partial charge in [0.1, 0.15) is 35.8 Å². The molecule has 9 heteroatoms. The Balaban J connectivity index is 1.43. The Morgan fingerprint density at radius 2 is 2.08 bits per heavy atom. The second-order valence-electron chi connectivity index (χ2n) is 6.27. The first kappa shape index (κ1) is 17.0. The molecule has 8 nitrogen and oxygen atoms in total. The summed E-state index contributed by atoms with van der Waals surface area (Å²) in [6.45, 7) is 3.27. The first-order chi connectivity index (χ1) is 12.6.